The highest BCUT2D eigenvalue weighted by molar-refractivity contribution is 6.30. The molecule has 0 spiro atoms. The Balaban J connectivity index is 1.35. The van der Waals surface area contributed by atoms with Gasteiger partial charge in [-0.2, -0.15) is 0 Å². The second-order valence-corrected chi connectivity index (χ2v) is 11.0. The van der Waals surface area contributed by atoms with E-state index >= 15 is 0 Å². The van der Waals surface area contributed by atoms with Crippen molar-refractivity contribution in [2.45, 2.75) is 12.5 Å². The van der Waals surface area contributed by atoms with Crippen molar-refractivity contribution in [3.05, 3.63) is 125 Å². The summed E-state index contributed by atoms with van der Waals surface area (Å²) in [6.45, 7) is 0. The van der Waals surface area contributed by atoms with E-state index in [1.165, 1.54) is 71.3 Å². The van der Waals surface area contributed by atoms with Crippen LogP contribution in [0.5, 0.6) is 0 Å². The summed E-state index contributed by atoms with van der Waals surface area (Å²) in [5.41, 5.74) is 8.96. The molecular weight excluding hydrogens is 488 g/mol. The van der Waals surface area contributed by atoms with Crippen LogP contribution in [0.4, 0.5) is 11.5 Å². The molecule has 0 N–H and O–H groups in total. The Kier molecular flexibility index (Phi) is 3.75. The summed E-state index contributed by atoms with van der Waals surface area (Å²) in [5.74, 6) is 1.95. The Morgan fingerprint density at radius 2 is 1.57 bits per heavy atom. The van der Waals surface area contributed by atoms with Crippen LogP contribution < -0.4 is 10.2 Å². The van der Waals surface area contributed by atoms with Gasteiger partial charge in [-0.15, -0.1) is 0 Å². The zero-order valence-corrected chi connectivity index (χ0v) is 21.5. The van der Waals surface area contributed by atoms with E-state index in [1.54, 1.807) is 0 Å². The topological polar surface area (TPSA) is 34.0 Å². The molecule has 1 atom stereocenters. The van der Waals surface area contributed by atoms with Gasteiger partial charge >= 0.3 is 0 Å². The molecule has 3 aromatic heterocycles. The van der Waals surface area contributed by atoms with Crippen molar-refractivity contribution < 1.29 is 0 Å². The number of anilines is 2. The van der Waals surface area contributed by atoms with Crippen LogP contribution in [0.15, 0.2) is 103 Å². The summed E-state index contributed by atoms with van der Waals surface area (Å²) >= 11 is 0. The van der Waals surface area contributed by atoms with Crippen LogP contribution in [0.2, 0.25) is 0 Å². The van der Waals surface area contributed by atoms with Gasteiger partial charge in [0.1, 0.15) is 11.6 Å². The number of pyridine rings is 2. The number of benzene rings is 4. The number of hydrogen-bond acceptors (Lipinski definition) is 3. The second kappa shape index (κ2) is 7.25. The standard InChI is InChI=1S/C36H22N4/c1-2-6-21(7-3-1)24-17-19-38-30(20-24)40-27-15-11-22-9-13-25-33-31(22)35(27)36-28(40)16-12-23-10-14-26(34(33)32(23)36)39(25)29-8-4-5-18-37-29/h1-11,13-20,25H,12H2. The predicted molar refractivity (Wildman–Crippen MR) is 163 cm³/mol. The molecule has 4 aromatic carbocycles. The Morgan fingerprint density at radius 1 is 0.675 bits per heavy atom. The first-order valence-electron chi connectivity index (χ1n) is 13.9. The summed E-state index contributed by atoms with van der Waals surface area (Å²) in [4.78, 5) is 12.1. The third-order valence-corrected chi connectivity index (χ3v) is 9.05. The predicted octanol–water partition coefficient (Wildman–Crippen LogP) is 7.67. The summed E-state index contributed by atoms with van der Waals surface area (Å²) in [7, 11) is 0. The molecule has 4 heteroatoms. The van der Waals surface area contributed by atoms with Crippen LogP contribution in [0.1, 0.15) is 22.7 Å². The average molecular weight is 511 g/mol. The fraction of sp³-hybridized carbons (Fsp3) is 0.0556. The Labute approximate surface area is 230 Å². The highest BCUT2D eigenvalue weighted by Gasteiger charge is 2.38. The monoisotopic (exact) mass is 510 g/mol. The molecule has 1 aliphatic heterocycles. The smallest absolute Gasteiger partial charge is 0.138 e. The number of nitrogens with zero attached hydrogens (tertiary/aromatic N) is 4. The van der Waals surface area contributed by atoms with Gasteiger partial charge in [-0.3, -0.25) is 4.57 Å². The summed E-state index contributed by atoms with van der Waals surface area (Å²) in [6, 6.07) is 30.5. The minimum Gasteiger partial charge on any atom is -0.315 e. The van der Waals surface area contributed by atoms with E-state index in [-0.39, 0.29) is 6.04 Å². The van der Waals surface area contributed by atoms with Gasteiger partial charge in [-0.05, 0) is 81.4 Å². The normalized spacial score (nSPS) is 16.2. The minimum absolute atomic E-state index is 0.125. The van der Waals surface area contributed by atoms with Gasteiger partial charge in [0.25, 0.3) is 0 Å². The maximum atomic E-state index is 4.93. The van der Waals surface area contributed by atoms with Crippen molar-refractivity contribution >= 4 is 56.1 Å². The number of rotatable bonds is 3. The van der Waals surface area contributed by atoms with Gasteiger partial charge in [0.05, 0.1) is 22.6 Å². The molecule has 4 nitrogen and oxygen atoms in total. The quantitative estimate of drug-likeness (QED) is 0.229. The van der Waals surface area contributed by atoms with E-state index in [0.29, 0.717) is 0 Å². The second-order valence-electron chi connectivity index (χ2n) is 11.0. The van der Waals surface area contributed by atoms with Gasteiger partial charge in [-0.1, -0.05) is 66.8 Å². The maximum absolute atomic E-state index is 4.93. The third kappa shape index (κ3) is 2.43. The van der Waals surface area contributed by atoms with Crippen LogP contribution in [0, 0.1) is 0 Å². The lowest BCUT2D eigenvalue weighted by Crippen LogP contribution is -2.19. The third-order valence-electron chi connectivity index (χ3n) is 9.05. The molecule has 0 radical (unpaired) electrons. The Hall–Kier alpha value is -5.22. The molecule has 40 heavy (non-hydrogen) atoms. The highest BCUT2D eigenvalue weighted by Crippen LogP contribution is 2.56. The first kappa shape index (κ1) is 20.7. The molecule has 1 unspecified atom stereocenters. The zero-order chi connectivity index (χ0) is 25.9. The summed E-state index contributed by atoms with van der Waals surface area (Å²) < 4.78 is 2.39. The first-order chi connectivity index (χ1) is 19.9. The molecule has 0 amide bonds. The summed E-state index contributed by atoms with van der Waals surface area (Å²) in [6.07, 6.45) is 11.8. The molecule has 4 heterocycles. The van der Waals surface area contributed by atoms with Crippen LogP contribution in [-0.4, -0.2) is 14.5 Å². The van der Waals surface area contributed by atoms with Crippen LogP contribution >= 0.6 is 0 Å². The Morgan fingerprint density at radius 3 is 2.48 bits per heavy atom. The lowest BCUT2D eigenvalue weighted by atomic mass is 9.83. The van der Waals surface area contributed by atoms with Crippen molar-refractivity contribution in [3.63, 3.8) is 0 Å². The van der Waals surface area contributed by atoms with Gasteiger partial charge in [0.15, 0.2) is 0 Å². The highest BCUT2D eigenvalue weighted by atomic mass is 15.2. The zero-order valence-electron chi connectivity index (χ0n) is 21.5. The van der Waals surface area contributed by atoms with Crippen molar-refractivity contribution in [3.8, 4) is 16.9 Å². The molecule has 0 saturated heterocycles. The fourth-order valence-corrected chi connectivity index (χ4v) is 7.50. The van der Waals surface area contributed by atoms with E-state index in [2.05, 4.69) is 107 Å². The van der Waals surface area contributed by atoms with Crippen molar-refractivity contribution in [2.24, 2.45) is 0 Å². The van der Waals surface area contributed by atoms with Crippen LogP contribution in [0.25, 0.3) is 61.5 Å². The van der Waals surface area contributed by atoms with Crippen LogP contribution in [0.3, 0.4) is 0 Å². The molecule has 3 aliphatic rings. The molecule has 10 rings (SSSR count). The summed E-state index contributed by atoms with van der Waals surface area (Å²) in [5, 5.41) is 8.13. The lowest BCUT2D eigenvalue weighted by molar-refractivity contribution is 0.877. The maximum Gasteiger partial charge on any atom is 0.138 e. The van der Waals surface area contributed by atoms with Gasteiger partial charge in [-0.25, -0.2) is 9.97 Å². The molecule has 2 aliphatic carbocycles. The fourth-order valence-electron chi connectivity index (χ4n) is 7.50. The van der Waals surface area contributed by atoms with Crippen molar-refractivity contribution in [1.29, 1.82) is 0 Å². The SMILES string of the molecule is C1=CC2c3c4c(ccc5c4c4c(n(-c6cc(-c7ccccc7)ccn6)c6ccc1c3c46)=CC5)N2c1ccccn1. The van der Waals surface area contributed by atoms with Gasteiger partial charge < -0.3 is 4.90 Å². The largest absolute Gasteiger partial charge is 0.315 e. The number of hydrogen-bond donors (Lipinski definition) is 0. The van der Waals surface area contributed by atoms with E-state index in [9.17, 15) is 0 Å². The molecule has 7 aromatic rings. The van der Waals surface area contributed by atoms with E-state index in [4.69, 9.17) is 9.97 Å². The first-order valence-corrected chi connectivity index (χ1v) is 13.9. The average Bonchev–Trinajstić information content (AvgIpc) is 3.56. The number of aromatic nitrogens is 3. The minimum atomic E-state index is 0.125. The molecule has 186 valence electrons. The molecule has 0 bridgehead atoms. The van der Waals surface area contributed by atoms with Crippen molar-refractivity contribution in [2.75, 3.05) is 4.90 Å². The molecular formula is C36H22N4. The molecule has 0 saturated carbocycles. The van der Waals surface area contributed by atoms with Crippen molar-refractivity contribution in [1.82, 2.24) is 14.5 Å². The van der Waals surface area contributed by atoms with Gasteiger partial charge in [0.2, 0.25) is 0 Å². The lowest BCUT2D eigenvalue weighted by Gasteiger charge is -2.27. The molecule has 0 fully saturated rings. The van der Waals surface area contributed by atoms with E-state index in [1.807, 2.05) is 18.5 Å². The van der Waals surface area contributed by atoms with E-state index in [0.717, 1.165) is 18.1 Å². The van der Waals surface area contributed by atoms with E-state index < -0.39 is 0 Å². The van der Waals surface area contributed by atoms with Gasteiger partial charge in [0, 0.05) is 28.6 Å². The Bertz CT molecular complexity index is 2290. The van der Waals surface area contributed by atoms with Crippen LogP contribution in [-0.2, 0) is 6.42 Å².